The predicted molar refractivity (Wildman–Crippen MR) is 141 cm³/mol. The Bertz CT molecular complexity index is 1510. The molecule has 0 aliphatic rings. The molecule has 4 N–H and O–H groups in total. The van der Waals surface area contributed by atoms with Gasteiger partial charge in [0.05, 0.1) is 22.6 Å². The summed E-state index contributed by atoms with van der Waals surface area (Å²) in [5.74, 6) is 6.55. The van der Waals surface area contributed by atoms with Crippen LogP contribution >= 0.6 is 11.8 Å². The standard InChI is InChI=1S/C27H23F6N5S/c1-16-36-25(27(31,32)33)15-37(16)22-11-8-19(18-4-3-5-21(12-18)39-2)13-23(22)38(35)24(14-34)17-6-9-20(10-7-17)26(28,29)30/h3-15H,34-35H2,1-2H3/b24-14-. The quantitative estimate of drug-likeness (QED) is 0.112. The Hall–Kier alpha value is -3.90. The molecule has 5 nitrogen and oxygen atoms in total. The fourth-order valence-corrected chi connectivity index (χ4v) is 4.49. The normalized spacial score (nSPS) is 12.6. The van der Waals surface area contributed by atoms with E-state index in [1.54, 1.807) is 30.0 Å². The van der Waals surface area contributed by atoms with Crippen molar-refractivity contribution in [1.82, 2.24) is 9.55 Å². The first-order chi connectivity index (χ1) is 18.3. The molecule has 3 aromatic carbocycles. The zero-order chi connectivity index (χ0) is 28.5. The molecule has 39 heavy (non-hydrogen) atoms. The number of aromatic nitrogens is 2. The van der Waals surface area contributed by atoms with Crippen molar-refractivity contribution >= 4 is 23.1 Å². The summed E-state index contributed by atoms with van der Waals surface area (Å²) in [7, 11) is 0. The lowest BCUT2D eigenvalue weighted by molar-refractivity contribution is -0.141. The summed E-state index contributed by atoms with van der Waals surface area (Å²) in [6.07, 6.45) is -5.29. The number of nitrogens with two attached hydrogens (primary N) is 2. The van der Waals surface area contributed by atoms with Crippen molar-refractivity contribution in [3.63, 3.8) is 0 Å². The number of hydrogen-bond donors (Lipinski definition) is 2. The van der Waals surface area contributed by atoms with Gasteiger partial charge in [-0.3, -0.25) is 5.01 Å². The van der Waals surface area contributed by atoms with Crippen molar-refractivity contribution in [1.29, 1.82) is 0 Å². The van der Waals surface area contributed by atoms with Crippen LogP contribution in [0.2, 0.25) is 0 Å². The maximum atomic E-state index is 13.4. The average molecular weight is 564 g/mol. The Morgan fingerprint density at radius 3 is 2.15 bits per heavy atom. The van der Waals surface area contributed by atoms with Crippen molar-refractivity contribution in [2.45, 2.75) is 24.2 Å². The Kier molecular flexibility index (Phi) is 7.71. The first-order valence-corrected chi connectivity index (χ1v) is 12.6. The van der Waals surface area contributed by atoms with Gasteiger partial charge in [-0.2, -0.15) is 26.3 Å². The summed E-state index contributed by atoms with van der Waals surface area (Å²) in [4.78, 5) is 4.64. The van der Waals surface area contributed by atoms with Crippen LogP contribution in [-0.2, 0) is 12.4 Å². The minimum Gasteiger partial charge on any atom is -0.403 e. The Morgan fingerprint density at radius 1 is 0.923 bits per heavy atom. The molecule has 0 radical (unpaired) electrons. The lowest BCUT2D eigenvalue weighted by Crippen LogP contribution is -2.31. The molecule has 0 saturated carbocycles. The van der Waals surface area contributed by atoms with Crippen LogP contribution in [0.4, 0.5) is 32.0 Å². The lowest BCUT2D eigenvalue weighted by Gasteiger charge is -2.26. The number of aryl methyl sites for hydroxylation is 1. The van der Waals surface area contributed by atoms with Crippen molar-refractivity contribution < 1.29 is 26.3 Å². The molecule has 4 rings (SSSR count). The molecule has 0 saturated heterocycles. The third-order valence-electron chi connectivity index (χ3n) is 6.00. The highest BCUT2D eigenvalue weighted by atomic mass is 32.2. The van der Waals surface area contributed by atoms with Gasteiger partial charge in [0.1, 0.15) is 5.82 Å². The van der Waals surface area contributed by atoms with E-state index in [1.807, 2.05) is 30.5 Å². The second-order valence-electron chi connectivity index (χ2n) is 8.47. The van der Waals surface area contributed by atoms with E-state index in [2.05, 4.69) is 4.98 Å². The van der Waals surface area contributed by atoms with E-state index in [9.17, 15) is 26.3 Å². The van der Waals surface area contributed by atoms with Crippen molar-refractivity contribution in [2.75, 3.05) is 11.3 Å². The van der Waals surface area contributed by atoms with Gasteiger partial charge in [0.15, 0.2) is 5.69 Å². The molecule has 0 spiro atoms. The van der Waals surface area contributed by atoms with E-state index in [4.69, 9.17) is 11.6 Å². The van der Waals surface area contributed by atoms with Crippen molar-refractivity contribution in [3.8, 4) is 16.8 Å². The minimum atomic E-state index is -4.67. The number of benzene rings is 3. The van der Waals surface area contributed by atoms with Crippen molar-refractivity contribution in [3.05, 3.63) is 102 Å². The molecule has 1 aromatic heterocycles. The predicted octanol–water partition coefficient (Wildman–Crippen LogP) is 7.24. The van der Waals surface area contributed by atoms with Crippen LogP contribution < -0.4 is 16.6 Å². The number of thioether (sulfide) groups is 1. The topological polar surface area (TPSA) is 73.1 Å². The fourth-order valence-electron chi connectivity index (χ4n) is 4.03. The maximum Gasteiger partial charge on any atom is 0.434 e. The Morgan fingerprint density at radius 2 is 1.59 bits per heavy atom. The molecule has 0 bridgehead atoms. The van der Waals surface area contributed by atoms with Gasteiger partial charge in [0, 0.05) is 22.9 Å². The zero-order valence-electron chi connectivity index (χ0n) is 20.7. The van der Waals surface area contributed by atoms with Crippen LogP contribution in [0.3, 0.4) is 0 Å². The average Bonchev–Trinajstić information content (AvgIpc) is 3.30. The number of hydrogen-bond acceptors (Lipinski definition) is 5. The van der Waals surface area contributed by atoms with Gasteiger partial charge in [0.25, 0.3) is 0 Å². The van der Waals surface area contributed by atoms with Crippen LogP contribution in [0.1, 0.15) is 22.6 Å². The molecular weight excluding hydrogens is 540 g/mol. The number of nitrogens with zero attached hydrogens (tertiary/aromatic N) is 3. The molecule has 0 unspecified atom stereocenters. The zero-order valence-corrected chi connectivity index (χ0v) is 21.5. The summed E-state index contributed by atoms with van der Waals surface area (Å²) in [5.41, 5.74) is 6.37. The summed E-state index contributed by atoms with van der Waals surface area (Å²) in [6.45, 7) is 1.42. The number of anilines is 1. The fraction of sp³-hybridized carbons (Fsp3) is 0.148. The second kappa shape index (κ2) is 10.7. The highest BCUT2D eigenvalue weighted by molar-refractivity contribution is 7.98. The maximum absolute atomic E-state index is 13.4. The molecule has 1 heterocycles. The molecule has 0 amide bonds. The van der Waals surface area contributed by atoms with E-state index < -0.39 is 23.6 Å². The smallest absolute Gasteiger partial charge is 0.403 e. The number of halogens is 6. The van der Waals surface area contributed by atoms with Gasteiger partial charge in [-0.25, -0.2) is 10.8 Å². The van der Waals surface area contributed by atoms with E-state index in [0.29, 0.717) is 5.56 Å². The third kappa shape index (κ3) is 5.91. The van der Waals surface area contributed by atoms with E-state index in [0.717, 1.165) is 40.0 Å². The van der Waals surface area contributed by atoms with Crippen LogP contribution in [0.5, 0.6) is 0 Å². The third-order valence-corrected chi connectivity index (χ3v) is 6.72. The summed E-state index contributed by atoms with van der Waals surface area (Å²) >= 11 is 1.54. The van der Waals surface area contributed by atoms with Gasteiger partial charge in [-0.05, 0) is 60.7 Å². The first kappa shape index (κ1) is 28.1. The van der Waals surface area contributed by atoms with Crippen LogP contribution in [0.15, 0.2) is 84.0 Å². The molecule has 4 aromatic rings. The largest absolute Gasteiger partial charge is 0.434 e. The van der Waals surface area contributed by atoms with Gasteiger partial charge in [0.2, 0.25) is 0 Å². The van der Waals surface area contributed by atoms with Gasteiger partial charge >= 0.3 is 12.4 Å². The van der Waals surface area contributed by atoms with Crippen LogP contribution in [-0.4, -0.2) is 15.8 Å². The number of rotatable bonds is 6. The Balaban J connectivity index is 1.87. The highest BCUT2D eigenvalue weighted by Crippen LogP contribution is 2.37. The monoisotopic (exact) mass is 563 g/mol. The lowest BCUT2D eigenvalue weighted by atomic mass is 10.0. The molecule has 204 valence electrons. The SMILES string of the molecule is CSc1cccc(-c2ccc(-n3cc(C(F)(F)F)nc3C)c(N(N)/C(=C\N)c3ccc(C(F)(F)F)cc3)c2)c1. The number of hydrazine groups is 1. The van der Waals surface area contributed by atoms with Crippen LogP contribution in [0, 0.1) is 6.92 Å². The highest BCUT2D eigenvalue weighted by Gasteiger charge is 2.35. The van der Waals surface area contributed by atoms with Gasteiger partial charge < -0.3 is 10.3 Å². The van der Waals surface area contributed by atoms with E-state index >= 15 is 0 Å². The summed E-state index contributed by atoms with van der Waals surface area (Å²) < 4.78 is 80.8. The Labute approximate surface area is 224 Å². The van der Waals surface area contributed by atoms with Gasteiger partial charge in [-0.15, -0.1) is 11.8 Å². The second-order valence-corrected chi connectivity index (χ2v) is 9.35. The minimum absolute atomic E-state index is 0.0573. The van der Waals surface area contributed by atoms with E-state index in [-0.39, 0.29) is 28.5 Å². The number of alkyl halides is 6. The van der Waals surface area contributed by atoms with Crippen molar-refractivity contribution in [2.24, 2.45) is 11.6 Å². The molecular formula is C27H23F6N5S. The molecule has 12 heteroatoms. The summed E-state index contributed by atoms with van der Waals surface area (Å²) in [6, 6.07) is 16.9. The molecule has 0 atom stereocenters. The molecule has 0 aliphatic carbocycles. The first-order valence-electron chi connectivity index (χ1n) is 11.4. The summed E-state index contributed by atoms with van der Waals surface area (Å²) in [5, 5.41) is 1.13. The van der Waals surface area contributed by atoms with E-state index in [1.165, 1.54) is 23.6 Å². The molecule has 0 fully saturated rings. The number of imidazole rings is 1. The molecule has 0 aliphatic heterocycles. The van der Waals surface area contributed by atoms with Gasteiger partial charge in [-0.1, -0.05) is 30.3 Å². The van der Waals surface area contributed by atoms with Crippen LogP contribution in [0.25, 0.3) is 22.5 Å².